The van der Waals surface area contributed by atoms with Crippen LogP contribution in [-0.4, -0.2) is 28.9 Å². The molecule has 0 aliphatic carbocycles. The Balaban J connectivity index is 1.75. The van der Waals surface area contributed by atoms with E-state index in [1.807, 2.05) is 12.3 Å². The summed E-state index contributed by atoms with van der Waals surface area (Å²) in [4.78, 5) is 26.4. The number of nitro benzene ring substituents is 1. The number of para-hydroxylation sites is 2. The molecule has 0 radical (unpaired) electrons. The second-order valence-corrected chi connectivity index (χ2v) is 5.65. The van der Waals surface area contributed by atoms with Gasteiger partial charge in [-0.3, -0.25) is 14.9 Å². The van der Waals surface area contributed by atoms with Gasteiger partial charge in [-0.05, 0) is 13.0 Å². The number of thiazole rings is 1. The van der Waals surface area contributed by atoms with Crippen molar-refractivity contribution in [2.45, 2.75) is 13.3 Å². The first-order valence-corrected chi connectivity index (χ1v) is 7.59. The summed E-state index contributed by atoms with van der Waals surface area (Å²) in [6.45, 7) is 2.68. The summed E-state index contributed by atoms with van der Waals surface area (Å²) in [6.07, 6.45) is 0.246. The van der Waals surface area contributed by atoms with Gasteiger partial charge in [-0.15, -0.1) is 11.3 Å². The molecule has 22 heavy (non-hydrogen) atoms. The number of nitro groups is 1. The van der Waals surface area contributed by atoms with Crippen molar-refractivity contribution in [2.75, 3.05) is 18.4 Å². The second-order valence-electron chi connectivity index (χ2n) is 4.59. The maximum Gasteiger partial charge on any atom is 0.292 e. The van der Waals surface area contributed by atoms with Crippen LogP contribution >= 0.6 is 11.3 Å². The molecule has 1 heterocycles. The van der Waals surface area contributed by atoms with E-state index < -0.39 is 4.92 Å². The summed E-state index contributed by atoms with van der Waals surface area (Å²) < 4.78 is 0. The van der Waals surface area contributed by atoms with Crippen LogP contribution in [0.1, 0.15) is 10.7 Å². The Morgan fingerprint density at radius 3 is 2.82 bits per heavy atom. The zero-order valence-corrected chi connectivity index (χ0v) is 12.9. The second kappa shape index (κ2) is 7.51. The van der Waals surface area contributed by atoms with E-state index in [0.29, 0.717) is 18.8 Å². The van der Waals surface area contributed by atoms with Crippen LogP contribution in [0.15, 0.2) is 29.6 Å². The number of nitrogens with one attached hydrogen (secondary N) is 2. The predicted molar refractivity (Wildman–Crippen MR) is 85.2 cm³/mol. The van der Waals surface area contributed by atoms with E-state index in [9.17, 15) is 14.9 Å². The highest BCUT2D eigenvalue weighted by Crippen LogP contribution is 2.22. The molecular weight excluding hydrogens is 304 g/mol. The lowest BCUT2D eigenvalue weighted by molar-refractivity contribution is -0.384. The number of carbonyl (C=O) groups excluding carboxylic acids is 1. The SMILES string of the molecule is Cc1nc(CC(=O)NCCNc2ccccc2[N+](=O)[O-])cs1. The highest BCUT2D eigenvalue weighted by Gasteiger charge is 2.11. The molecule has 0 bridgehead atoms. The molecule has 2 N–H and O–H groups in total. The summed E-state index contributed by atoms with van der Waals surface area (Å²) in [6, 6.07) is 6.41. The lowest BCUT2D eigenvalue weighted by atomic mass is 10.2. The van der Waals surface area contributed by atoms with Gasteiger partial charge in [0.25, 0.3) is 5.69 Å². The van der Waals surface area contributed by atoms with Crippen molar-refractivity contribution >= 4 is 28.6 Å². The van der Waals surface area contributed by atoms with E-state index in [1.54, 1.807) is 18.2 Å². The van der Waals surface area contributed by atoms with Crippen LogP contribution in [0.3, 0.4) is 0 Å². The Morgan fingerprint density at radius 2 is 2.14 bits per heavy atom. The summed E-state index contributed by atoms with van der Waals surface area (Å²) in [5.74, 6) is -0.116. The minimum Gasteiger partial charge on any atom is -0.378 e. The van der Waals surface area contributed by atoms with Crippen LogP contribution in [0.2, 0.25) is 0 Å². The molecule has 0 atom stereocenters. The normalized spacial score (nSPS) is 10.2. The standard InChI is InChI=1S/C14H16N4O3S/c1-10-17-11(9-22-10)8-14(19)16-7-6-15-12-4-2-3-5-13(12)18(20)21/h2-5,9,15H,6-8H2,1H3,(H,16,19). The van der Waals surface area contributed by atoms with Crippen LogP contribution in [0, 0.1) is 17.0 Å². The largest absolute Gasteiger partial charge is 0.378 e. The summed E-state index contributed by atoms with van der Waals surface area (Å²) in [5, 5.41) is 19.4. The average Bonchev–Trinajstić information content (AvgIpc) is 2.89. The van der Waals surface area contributed by atoms with Crippen molar-refractivity contribution in [1.29, 1.82) is 0 Å². The van der Waals surface area contributed by atoms with Crippen molar-refractivity contribution in [1.82, 2.24) is 10.3 Å². The quantitative estimate of drug-likeness (QED) is 0.463. The van der Waals surface area contributed by atoms with Crippen molar-refractivity contribution < 1.29 is 9.72 Å². The molecule has 1 aromatic carbocycles. The molecular formula is C14H16N4O3S. The molecule has 0 unspecified atom stereocenters. The van der Waals surface area contributed by atoms with Crippen LogP contribution in [0.25, 0.3) is 0 Å². The number of carbonyl (C=O) groups is 1. The zero-order valence-electron chi connectivity index (χ0n) is 12.0. The monoisotopic (exact) mass is 320 g/mol. The van der Waals surface area contributed by atoms with Gasteiger partial charge < -0.3 is 10.6 Å². The van der Waals surface area contributed by atoms with Crippen molar-refractivity contribution in [2.24, 2.45) is 0 Å². The van der Waals surface area contributed by atoms with Gasteiger partial charge >= 0.3 is 0 Å². The van der Waals surface area contributed by atoms with Gasteiger partial charge in [-0.1, -0.05) is 12.1 Å². The van der Waals surface area contributed by atoms with Gasteiger partial charge in [0.05, 0.1) is 22.0 Å². The molecule has 1 amide bonds. The highest BCUT2D eigenvalue weighted by molar-refractivity contribution is 7.09. The van der Waals surface area contributed by atoms with Gasteiger partial charge in [0.15, 0.2) is 0 Å². The summed E-state index contributed by atoms with van der Waals surface area (Å²) in [7, 11) is 0. The Hall–Kier alpha value is -2.48. The van der Waals surface area contributed by atoms with Crippen LogP contribution in [0.5, 0.6) is 0 Å². The Morgan fingerprint density at radius 1 is 1.36 bits per heavy atom. The molecule has 8 heteroatoms. The maximum absolute atomic E-state index is 11.7. The number of rotatable bonds is 7. The smallest absolute Gasteiger partial charge is 0.292 e. The Kier molecular flexibility index (Phi) is 5.42. The number of aryl methyl sites for hydroxylation is 1. The van der Waals surface area contributed by atoms with Crippen LogP contribution in [-0.2, 0) is 11.2 Å². The van der Waals surface area contributed by atoms with Crippen molar-refractivity contribution in [3.8, 4) is 0 Å². The third-order valence-electron chi connectivity index (χ3n) is 2.87. The molecule has 0 saturated carbocycles. The number of hydrogen-bond donors (Lipinski definition) is 2. The molecule has 0 spiro atoms. The van der Waals surface area contributed by atoms with E-state index in [2.05, 4.69) is 15.6 Å². The fourth-order valence-corrected chi connectivity index (χ4v) is 2.51. The molecule has 0 saturated heterocycles. The number of hydrogen-bond acceptors (Lipinski definition) is 6. The van der Waals surface area contributed by atoms with Gasteiger partial charge in [0.1, 0.15) is 5.69 Å². The Bertz CT molecular complexity index is 672. The van der Waals surface area contributed by atoms with E-state index in [1.165, 1.54) is 17.4 Å². The lowest BCUT2D eigenvalue weighted by Gasteiger charge is -2.08. The first-order chi connectivity index (χ1) is 10.6. The van der Waals surface area contributed by atoms with E-state index in [-0.39, 0.29) is 18.0 Å². The fourth-order valence-electron chi connectivity index (χ4n) is 1.90. The first-order valence-electron chi connectivity index (χ1n) is 6.71. The Labute approximate surface area is 131 Å². The lowest BCUT2D eigenvalue weighted by Crippen LogP contribution is -2.30. The van der Waals surface area contributed by atoms with Crippen molar-refractivity contribution in [3.63, 3.8) is 0 Å². The molecule has 0 aliphatic rings. The molecule has 0 aliphatic heterocycles. The molecule has 116 valence electrons. The highest BCUT2D eigenvalue weighted by atomic mass is 32.1. The van der Waals surface area contributed by atoms with E-state index >= 15 is 0 Å². The first kappa shape index (κ1) is 15.9. The predicted octanol–water partition coefficient (Wildman–Crippen LogP) is 2.13. The van der Waals surface area contributed by atoms with Crippen molar-refractivity contribution in [3.05, 3.63) is 50.5 Å². The average molecular weight is 320 g/mol. The summed E-state index contributed by atoms with van der Waals surface area (Å²) >= 11 is 1.51. The molecule has 0 fully saturated rings. The van der Waals surface area contributed by atoms with E-state index in [4.69, 9.17) is 0 Å². The minimum atomic E-state index is -0.439. The number of amides is 1. The number of benzene rings is 1. The number of aromatic nitrogens is 1. The molecule has 1 aromatic heterocycles. The van der Waals surface area contributed by atoms with Gasteiger partial charge in [-0.25, -0.2) is 4.98 Å². The molecule has 2 aromatic rings. The number of anilines is 1. The third kappa shape index (κ3) is 4.52. The van der Waals surface area contributed by atoms with Gasteiger partial charge in [-0.2, -0.15) is 0 Å². The van der Waals surface area contributed by atoms with Gasteiger partial charge in [0, 0.05) is 24.5 Å². The number of nitrogens with zero attached hydrogens (tertiary/aromatic N) is 2. The summed E-state index contributed by atoms with van der Waals surface area (Å²) in [5.41, 5.74) is 1.22. The fraction of sp³-hybridized carbons (Fsp3) is 0.286. The maximum atomic E-state index is 11.7. The third-order valence-corrected chi connectivity index (χ3v) is 3.69. The van der Waals surface area contributed by atoms with Crippen LogP contribution < -0.4 is 10.6 Å². The molecule has 2 rings (SSSR count). The topological polar surface area (TPSA) is 97.2 Å². The minimum absolute atomic E-state index is 0.0202. The van der Waals surface area contributed by atoms with E-state index in [0.717, 1.165) is 10.7 Å². The zero-order chi connectivity index (χ0) is 15.9. The van der Waals surface area contributed by atoms with Crippen LogP contribution in [0.4, 0.5) is 11.4 Å². The van der Waals surface area contributed by atoms with Gasteiger partial charge in [0.2, 0.25) is 5.91 Å². The molecule has 7 nitrogen and oxygen atoms in total.